The van der Waals surface area contributed by atoms with E-state index in [9.17, 15) is 4.79 Å². The molecule has 1 aromatic rings. The van der Waals surface area contributed by atoms with Crippen molar-refractivity contribution >= 4 is 11.9 Å². The lowest BCUT2D eigenvalue weighted by atomic mass is 9.68. The third-order valence-corrected chi connectivity index (χ3v) is 5.64. The van der Waals surface area contributed by atoms with Crippen molar-refractivity contribution in [3.63, 3.8) is 0 Å². The number of nitriles is 1. The maximum Gasteiger partial charge on any atom is 0.220 e. The Kier molecular flexibility index (Phi) is 8.31. The second-order valence-electron chi connectivity index (χ2n) is 8.08. The lowest BCUT2D eigenvalue weighted by Gasteiger charge is -2.41. The topological polar surface area (TPSA) is 89.3 Å². The summed E-state index contributed by atoms with van der Waals surface area (Å²) in [6, 6.07) is 10.8. The standard InChI is InChI=1S/C22H33N5O/c1-17(2)9-10-20(28)25-15-22(18-7-5-4-6-8-18)13-11-19(12-14-22)27-21(24-3)26-16-23/h4-8,17,19H,9-15H2,1-3H3,(H,25,28)(H2,24,26,27)/t19-,22-. The molecule has 1 fully saturated rings. The fraction of sp³-hybridized carbons (Fsp3) is 0.591. The Morgan fingerprint density at radius 2 is 1.96 bits per heavy atom. The van der Waals surface area contributed by atoms with Gasteiger partial charge in [0, 0.05) is 31.5 Å². The highest BCUT2D eigenvalue weighted by Crippen LogP contribution is 2.39. The van der Waals surface area contributed by atoms with E-state index in [1.54, 1.807) is 7.05 Å². The molecule has 1 amide bonds. The summed E-state index contributed by atoms with van der Waals surface area (Å²) >= 11 is 0. The molecule has 1 aromatic carbocycles. The first kappa shape index (κ1) is 21.7. The number of aliphatic imine (C=N–C) groups is 1. The summed E-state index contributed by atoms with van der Waals surface area (Å²) in [5.41, 5.74) is 1.25. The number of amides is 1. The molecule has 0 radical (unpaired) electrons. The zero-order valence-corrected chi connectivity index (χ0v) is 17.3. The molecule has 0 spiro atoms. The van der Waals surface area contributed by atoms with Crippen molar-refractivity contribution in [2.75, 3.05) is 13.6 Å². The Morgan fingerprint density at radius 1 is 1.29 bits per heavy atom. The second kappa shape index (κ2) is 10.7. The van der Waals surface area contributed by atoms with E-state index < -0.39 is 0 Å². The first-order chi connectivity index (χ1) is 13.5. The van der Waals surface area contributed by atoms with Crippen LogP contribution in [0.3, 0.4) is 0 Å². The smallest absolute Gasteiger partial charge is 0.220 e. The average molecular weight is 384 g/mol. The molecule has 0 aliphatic heterocycles. The van der Waals surface area contributed by atoms with Crippen molar-refractivity contribution in [3.8, 4) is 6.19 Å². The van der Waals surface area contributed by atoms with Gasteiger partial charge in [0.25, 0.3) is 0 Å². The number of nitrogens with one attached hydrogen (secondary N) is 3. The van der Waals surface area contributed by atoms with Crippen molar-refractivity contribution in [3.05, 3.63) is 35.9 Å². The summed E-state index contributed by atoms with van der Waals surface area (Å²) in [6.45, 7) is 4.95. The zero-order valence-electron chi connectivity index (χ0n) is 17.3. The number of benzene rings is 1. The van der Waals surface area contributed by atoms with E-state index in [0.29, 0.717) is 24.8 Å². The van der Waals surface area contributed by atoms with Gasteiger partial charge in [0.15, 0.2) is 0 Å². The van der Waals surface area contributed by atoms with Gasteiger partial charge in [-0.1, -0.05) is 44.2 Å². The van der Waals surface area contributed by atoms with Crippen LogP contribution in [0.1, 0.15) is 57.9 Å². The number of carbonyl (C=O) groups is 1. The molecule has 1 aliphatic rings. The van der Waals surface area contributed by atoms with E-state index in [1.807, 2.05) is 12.3 Å². The number of rotatable bonds is 7. The largest absolute Gasteiger partial charge is 0.359 e. The molecule has 1 aliphatic carbocycles. The van der Waals surface area contributed by atoms with Crippen molar-refractivity contribution in [1.82, 2.24) is 16.0 Å². The van der Waals surface area contributed by atoms with E-state index in [2.05, 4.69) is 59.1 Å². The lowest BCUT2D eigenvalue weighted by molar-refractivity contribution is -0.121. The molecular weight excluding hydrogens is 350 g/mol. The predicted octanol–water partition coefficient (Wildman–Crippen LogP) is 3.07. The van der Waals surface area contributed by atoms with Crippen molar-refractivity contribution in [2.24, 2.45) is 10.9 Å². The molecule has 0 unspecified atom stereocenters. The SMILES string of the molecule is CN/C(=N\C#N)N[C@H]1CC[C@](CNC(=O)CCC(C)C)(c2ccccc2)CC1. The van der Waals surface area contributed by atoms with Gasteiger partial charge in [0.1, 0.15) is 0 Å². The molecule has 6 heteroatoms. The summed E-state index contributed by atoms with van der Waals surface area (Å²) in [5, 5.41) is 18.2. The molecule has 3 N–H and O–H groups in total. The van der Waals surface area contributed by atoms with Crippen molar-refractivity contribution in [1.29, 1.82) is 5.26 Å². The van der Waals surface area contributed by atoms with Gasteiger partial charge in [0.2, 0.25) is 18.1 Å². The number of hydrogen-bond acceptors (Lipinski definition) is 3. The Bertz CT molecular complexity index is 685. The normalized spacial score (nSPS) is 22.4. The van der Waals surface area contributed by atoms with Crippen LogP contribution < -0.4 is 16.0 Å². The molecule has 28 heavy (non-hydrogen) atoms. The fourth-order valence-corrected chi connectivity index (χ4v) is 3.85. The summed E-state index contributed by atoms with van der Waals surface area (Å²) in [7, 11) is 1.76. The molecule has 2 rings (SSSR count). The van der Waals surface area contributed by atoms with E-state index in [4.69, 9.17) is 5.26 Å². The Labute approximate surface area is 168 Å². The maximum atomic E-state index is 12.3. The van der Waals surface area contributed by atoms with Crippen molar-refractivity contribution in [2.45, 2.75) is 63.8 Å². The van der Waals surface area contributed by atoms with E-state index >= 15 is 0 Å². The molecule has 1 saturated carbocycles. The van der Waals surface area contributed by atoms with Crippen LogP contribution in [0.5, 0.6) is 0 Å². The summed E-state index contributed by atoms with van der Waals surface area (Å²) in [4.78, 5) is 16.1. The van der Waals surface area contributed by atoms with Crippen LogP contribution in [0.25, 0.3) is 0 Å². The lowest BCUT2D eigenvalue weighted by Crippen LogP contribution is -2.49. The van der Waals surface area contributed by atoms with Crippen LogP contribution in [-0.2, 0) is 10.2 Å². The van der Waals surface area contributed by atoms with E-state index in [0.717, 1.165) is 32.1 Å². The molecule has 0 bridgehead atoms. The minimum Gasteiger partial charge on any atom is -0.359 e. The van der Waals surface area contributed by atoms with Crippen LogP contribution in [0.4, 0.5) is 0 Å². The third-order valence-electron chi connectivity index (χ3n) is 5.64. The second-order valence-corrected chi connectivity index (χ2v) is 8.08. The van der Waals surface area contributed by atoms with Gasteiger partial charge in [-0.15, -0.1) is 4.99 Å². The number of hydrogen-bond donors (Lipinski definition) is 3. The highest BCUT2D eigenvalue weighted by molar-refractivity contribution is 5.80. The first-order valence-electron chi connectivity index (χ1n) is 10.2. The van der Waals surface area contributed by atoms with Gasteiger partial charge in [-0.2, -0.15) is 5.26 Å². The summed E-state index contributed by atoms with van der Waals surface area (Å²) in [6.07, 6.45) is 7.19. The van der Waals surface area contributed by atoms with E-state index in [1.165, 1.54) is 5.56 Å². The minimum atomic E-state index is -0.0426. The zero-order chi connectivity index (χ0) is 20.4. The maximum absolute atomic E-state index is 12.3. The van der Waals surface area contributed by atoms with Crippen LogP contribution >= 0.6 is 0 Å². The Balaban J connectivity index is 2.03. The quantitative estimate of drug-likeness (QED) is 0.383. The molecule has 6 nitrogen and oxygen atoms in total. The molecule has 0 aromatic heterocycles. The Morgan fingerprint density at radius 3 is 2.54 bits per heavy atom. The summed E-state index contributed by atoms with van der Waals surface area (Å²) in [5.74, 6) is 1.19. The summed E-state index contributed by atoms with van der Waals surface area (Å²) < 4.78 is 0. The Hall–Kier alpha value is -2.55. The number of guanidine groups is 1. The number of carbonyl (C=O) groups excluding carboxylic acids is 1. The van der Waals surface area contributed by atoms with Gasteiger partial charge >= 0.3 is 0 Å². The molecule has 0 saturated heterocycles. The van der Waals surface area contributed by atoms with Crippen LogP contribution in [0.2, 0.25) is 0 Å². The van der Waals surface area contributed by atoms with Crippen LogP contribution in [0.15, 0.2) is 35.3 Å². The van der Waals surface area contributed by atoms with Crippen LogP contribution in [0, 0.1) is 17.4 Å². The van der Waals surface area contributed by atoms with Gasteiger partial charge in [-0.3, -0.25) is 4.79 Å². The molecular formula is C22H33N5O. The van der Waals surface area contributed by atoms with Gasteiger partial charge < -0.3 is 16.0 Å². The highest BCUT2D eigenvalue weighted by Gasteiger charge is 2.37. The monoisotopic (exact) mass is 383 g/mol. The average Bonchev–Trinajstić information content (AvgIpc) is 2.72. The van der Waals surface area contributed by atoms with Gasteiger partial charge in [-0.25, -0.2) is 0 Å². The minimum absolute atomic E-state index is 0.0426. The van der Waals surface area contributed by atoms with Gasteiger partial charge in [-0.05, 0) is 43.6 Å². The van der Waals surface area contributed by atoms with E-state index in [-0.39, 0.29) is 17.4 Å². The third kappa shape index (κ3) is 6.26. The predicted molar refractivity (Wildman–Crippen MR) is 113 cm³/mol. The van der Waals surface area contributed by atoms with Gasteiger partial charge in [0.05, 0.1) is 0 Å². The molecule has 152 valence electrons. The molecule has 0 atom stereocenters. The van der Waals surface area contributed by atoms with Crippen molar-refractivity contribution < 1.29 is 4.79 Å². The van der Waals surface area contributed by atoms with Crippen LogP contribution in [-0.4, -0.2) is 31.5 Å². The first-order valence-corrected chi connectivity index (χ1v) is 10.2. The highest BCUT2D eigenvalue weighted by atomic mass is 16.1. The fourth-order valence-electron chi connectivity index (χ4n) is 3.85. The molecule has 0 heterocycles. The number of nitrogens with zero attached hydrogens (tertiary/aromatic N) is 2.